The van der Waals surface area contributed by atoms with E-state index in [4.69, 9.17) is 28.3 Å². The summed E-state index contributed by atoms with van der Waals surface area (Å²) in [6, 6.07) is 23.7. The summed E-state index contributed by atoms with van der Waals surface area (Å²) in [5, 5.41) is 27.3. The maximum Gasteiger partial charge on any atom is 0.339 e. The molecule has 0 aliphatic carbocycles. The van der Waals surface area contributed by atoms with Crippen LogP contribution in [0.5, 0.6) is 5.75 Å². The highest BCUT2D eigenvalue weighted by molar-refractivity contribution is 8.00. The maximum atomic E-state index is 13.3. The number of phenols is 1. The molecule has 9 nitrogen and oxygen atoms in total. The molecule has 4 aromatic carbocycles. The Kier molecular flexibility index (Phi) is 10.4. The molecule has 0 unspecified atom stereocenters. The van der Waals surface area contributed by atoms with Crippen molar-refractivity contribution < 1.29 is 29.4 Å². The summed E-state index contributed by atoms with van der Waals surface area (Å²) >= 11 is 13.8. The van der Waals surface area contributed by atoms with Gasteiger partial charge in [0.25, 0.3) is 11.8 Å². The van der Waals surface area contributed by atoms with Crippen LogP contribution < -0.4 is 16.0 Å². The fraction of sp³-hybridized carbons (Fsp3) is 0.0323. The number of carboxylic acids is 1. The average Bonchev–Trinajstić information content (AvgIpc) is 2.99. The Morgan fingerprint density at radius 3 is 2.09 bits per heavy atom. The first kappa shape index (κ1) is 31.2. The number of anilines is 2. The number of thioether (sulfide) groups is 1. The van der Waals surface area contributed by atoms with Gasteiger partial charge in [-0.3, -0.25) is 14.4 Å². The zero-order chi connectivity index (χ0) is 30.9. The lowest BCUT2D eigenvalue weighted by molar-refractivity contribution is -0.114. The Bertz CT molecular complexity index is 1690. The predicted octanol–water partition coefficient (Wildman–Crippen LogP) is 6.54. The van der Waals surface area contributed by atoms with Gasteiger partial charge < -0.3 is 26.2 Å². The van der Waals surface area contributed by atoms with Gasteiger partial charge in [-0.1, -0.05) is 47.5 Å². The quantitative estimate of drug-likeness (QED) is 0.0756. The second-order valence-electron chi connectivity index (χ2n) is 8.87. The molecule has 0 aliphatic rings. The molecule has 0 aromatic heterocycles. The van der Waals surface area contributed by atoms with Gasteiger partial charge in [-0.2, -0.15) is 0 Å². The molecule has 0 radical (unpaired) electrons. The summed E-state index contributed by atoms with van der Waals surface area (Å²) in [6.07, 6.45) is 1.40. The van der Waals surface area contributed by atoms with Gasteiger partial charge in [-0.15, -0.1) is 11.8 Å². The first-order valence-corrected chi connectivity index (χ1v) is 14.3. The SMILES string of the molecule is O=C(CSc1ccc(NC(=O)/C(=C/c2c(Cl)cccc2Cl)NC(=O)c2ccccc2)cc1)Nc1ccc(O)c(C(=O)O)c1. The second-order valence-corrected chi connectivity index (χ2v) is 10.7. The molecule has 3 amide bonds. The molecule has 4 aromatic rings. The Balaban J connectivity index is 1.42. The van der Waals surface area contributed by atoms with Crippen molar-refractivity contribution in [3.05, 3.63) is 123 Å². The molecule has 0 bridgehead atoms. The molecule has 0 spiro atoms. The van der Waals surface area contributed by atoms with Crippen LogP contribution in [0.25, 0.3) is 6.08 Å². The highest BCUT2D eigenvalue weighted by Gasteiger charge is 2.17. The highest BCUT2D eigenvalue weighted by atomic mass is 35.5. The summed E-state index contributed by atoms with van der Waals surface area (Å²) in [6.45, 7) is 0. The lowest BCUT2D eigenvalue weighted by atomic mass is 10.1. The minimum atomic E-state index is -1.32. The molecule has 0 heterocycles. The lowest BCUT2D eigenvalue weighted by Crippen LogP contribution is -2.30. The van der Waals surface area contributed by atoms with E-state index < -0.39 is 23.5 Å². The molecule has 0 saturated heterocycles. The standard InChI is InChI=1S/C31H23Cl2N3O6S/c32-24-7-4-8-25(33)22(24)16-26(36-29(39)18-5-2-1-3-6-18)30(40)35-19-9-12-21(13-10-19)43-17-28(38)34-20-11-14-27(37)23(15-20)31(41)42/h1-16,37H,17H2,(H,34,38)(H,35,40)(H,36,39)(H,41,42)/b26-16-. The summed E-state index contributed by atoms with van der Waals surface area (Å²) < 4.78 is 0. The van der Waals surface area contributed by atoms with Crippen LogP contribution in [0.3, 0.4) is 0 Å². The highest BCUT2D eigenvalue weighted by Crippen LogP contribution is 2.27. The van der Waals surface area contributed by atoms with Crippen LogP contribution in [-0.2, 0) is 9.59 Å². The van der Waals surface area contributed by atoms with Crippen molar-refractivity contribution in [2.45, 2.75) is 4.90 Å². The Hall–Kier alpha value is -4.77. The predicted molar refractivity (Wildman–Crippen MR) is 168 cm³/mol. The molecule has 0 saturated carbocycles. The van der Waals surface area contributed by atoms with E-state index in [1.165, 1.54) is 36.0 Å². The van der Waals surface area contributed by atoms with E-state index in [0.29, 0.717) is 26.9 Å². The number of halogens is 2. The molecule has 43 heavy (non-hydrogen) atoms. The molecule has 5 N–H and O–H groups in total. The third-order valence-electron chi connectivity index (χ3n) is 5.81. The van der Waals surface area contributed by atoms with E-state index in [-0.39, 0.29) is 28.6 Å². The maximum absolute atomic E-state index is 13.3. The molecule has 0 fully saturated rings. The zero-order valence-electron chi connectivity index (χ0n) is 22.1. The number of aromatic hydroxyl groups is 1. The van der Waals surface area contributed by atoms with Crippen molar-refractivity contribution in [3.63, 3.8) is 0 Å². The molecule has 0 aliphatic heterocycles. The Labute approximate surface area is 260 Å². The van der Waals surface area contributed by atoms with Gasteiger partial charge in [0.1, 0.15) is 17.0 Å². The normalized spacial score (nSPS) is 11.0. The number of amides is 3. The van der Waals surface area contributed by atoms with Gasteiger partial charge >= 0.3 is 5.97 Å². The molecular weight excluding hydrogens is 613 g/mol. The molecule has 12 heteroatoms. The topological polar surface area (TPSA) is 145 Å². The van der Waals surface area contributed by atoms with Gasteiger partial charge in [-0.25, -0.2) is 4.79 Å². The second kappa shape index (κ2) is 14.4. The number of rotatable bonds is 10. The number of aromatic carboxylic acids is 1. The third kappa shape index (κ3) is 8.62. The van der Waals surface area contributed by atoms with Crippen LogP contribution in [0.15, 0.2) is 102 Å². The number of benzene rings is 4. The van der Waals surface area contributed by atoms with Gasteiger partial charge in [0.15, 0.2) is 0 Å². The van der Waals surface area contributed by atoms with Crippen LogP contribution in [-0.4, -0.2) is 39.7 Å². The molecular formula is C31H23Cl2N3O6S. The summed E-state index contributed by atoms with van der Waals surface area (Å²) in [4.78, 5) is 50.4. The van der Waals surface area contributed by atoms with Crippen molar-refractivity contribution in [2.75, 3.05) is 16.4 Å². The number of carbonyl (C=O) groups excluding carboxylic acids is 3. The largest absolute Gasteiger partial charge is 0.507 e. The van der Waals surface area contributed by atoms with E-state index in [2.05, 4.69) is 16.0 Å². The Morgan fingerprint density at radius 1 is 0.791 bits per heavy atom. The van der Waals surface area contributed by atoms with E-state index in [1.807, 2.05) is 0 Å². The van der Waals surface area contributed by atoms with Crippen LogP contribution in [0.2, 0.25) is 10.0 Å². The van der Waals surface area contributed by atoms with E-state index in [9.17, 15) is 24.3 Å². The first-order valence-electron chi connectivity index (χ1n) is 12.5. The number of hydrogen-bond acceptors (Lipinski definition) is 6. The molecule has 4 rings (SSSR count). The van der Waals surface area contributed by atoms with Crippen LogP contribution in [0, 0.1) is 0 Å². The molecule has 218 valence electrons. The van der Waals surface area contributed by atoms with Gasteiger partial charge in [0.05, 0.1) is 5.75 Å². The van der Waals surface area contributed by atoms with Crippen LogP contribution in [0.4, 0.5) is 11.4 Å². The minimum Gasteiger partial charge on any atom is -0.507 e. The fourth-order valence-corrected chi connectivity index (χ4v) is 4.90. The van der Waals surface area contributed by atoms with Crippen molar-refractivity contribution in [1.82, 2.24) is 5.32 Å². The van der Waals surface area contributed by atoms with E-state index in [0.717, 1.165) is 4.90 Å². The van der Waals surface area contributed by atoms with Gasteiger partial charge in [0.2, 0.25) is 5.91 Å². The van der Waals surface area contributed by atoms with Crippen molar-refractivity contribution in [3.8, 4) is 5.75 Å². The van der Waals surface area contributed by atoms with Crippen molar-refractivity contribution in [1.29, 1.82) is 0 Å². The van der Waals surface area contributed by atoms with E-state index in [1.54, 1.807) is 72.8 Å². The van der Waals surface area contributed by atoms with E-state index >= 15 is 0 Å². The van der Waals surface area contributed by atoms with Gasteiger partial charge in [0, 0.05) is 37.4 Å². The molecule has 0 atom stereocenters. The third-order valence-corrected chi connectivity index (χ3v) is 7.48. The monoisotopic (exact) mass is 635 g/mol. The average molecular weight is 637 g/mol. The van der Waals surface area contributed by atoms with Crippen LogP contribution >= 0.6 is 35.0 Å². The fourth-order valence-electron chi connectivity index (χ4n) is 3.70. The first-order chi connectivity index (χ1) is 20.6. The number of hydrogen-bond donors (Lipinski definition) is 5. The Morgan fingerprint density at radius 2 is 1.44 bits per heavy atom. The minimum absolute atomic E-state index is 0.0198. The van der Waals surface area contributed by atoms with Crippen molar-refractivity contribution in [2.24, 2.45) is 0 Å². The van der Waals surface area contributed by atoms with Crippen LogP contribution in [0.1, 0.15) is 26.3 Å². The summed E-state index contributed by atoms with van der Waals surface area (Å²) in [5.41, 5.74) is 0.967. The number of carboxylic acid groups (broad SMARTS) is 1. The van der Waals surface area contributed by atoms with Gasteiger partial charge in [-0.05, 0) is 72.8 Å². The smallest absolute Gasteiger partial charge is 0.339 e. The number of nitrogens with one attached hydrogen (secondary N) is 3. The summed E-state index contributed by atoms with van der Waals surface area (Å²) in [5.74, 6) is -3.20. The lowest BCUT2D eigenvalue weighted by Gasteiger charge is -2.13. The number of carbonyl (C=O) groups is 4. The summed E-state index contributed by atoms with van der Waals surface area (Å²) in [7, 11) is 0. The zero-order valence-corrected chi connectivity index (χ0v) is 24.5. The van der Waals surface area contributed by atoms with Crippen molar-refractivity contribution >= 4 is 76.1 Å².